The number of nitrogens with one attached hydrogen (secondary N) is 1. The van der Waals surface area contributed by atoms with Gasteiger partial charge in [-0.15, -0.1) is 0 Å². The average Bonchev–Trinajstić information content (AvgIpc) is 2.52. The van der Waals surface area contributed by atoms with Gasteiger partial charge in [0.15, 0.2) is 11.6 Å². The van der Waals surface area contributed by atoms with E-state index in [-0.39, 0.29) is 24.4 Å². The molecule has 0 aliphatic rings. The van der Waals surface area contributed by atoms with Crippen molar-refractivity contribution in [1.29, 1.82) is 0 Å². The zero-order valence-electron chi connectivity index (χ0n) is 13.1. The first-order valence-corrected chi connectivity index (χ1v) is 7.53. The first kappa shape index (κ1) is 18.0. The summed E-state index contributed by atoms with van der Waals surface area (Å²) in [5, 5.41) is 12.2. The molecule has 128 valence electrons. The molecule has 0 saturated carbocycles. The molecule has 0 saturated heterocycles. The number of halogens is 3. The Morgan fingerprint density at radius 3 is 2.33 bits per heavy atom. The molecule has 0 aromatic heterocycles. The maximum atomic E-state index is 13.8. The molecular weight excluding hydrogens is 319 g/mol. The molecule has 0 radical (unpaired) electrons. The fraction of sp³-hybridized carbons (Fsp3) is 0.278. The molecule has 2 N–H and O–H groups in total. The van der Waals surface area contributed by atoms with Crippen LogP contribution < -0.4 is 5.32 Å². The summed E-state index contributed by atoms with van der Waals surface area (Å²) in [6, 6.07) is 9.78. The Hall–Kier alpha value is -2.34. The molecule has 6 heteroatoms. The molecule has 3 nitrogen and oxygen atoms in total. The number of hydrogen-bond donors (Lipinski definition) is 2. The van der Waals surface area contributed by atoms with Crippen LogP contribution in [-0.4, -0.2) is 17.1 Å². The number of hydrogen-bond acceptors (Lipinski definition) is 2. The lowest BCUT2D eigenvalue weighted by Gasteiger charge is -2.23. The summed E-state index contributed by atoms with van der Waals surface area (Å²) < 4.78 is 40.1. The molecule has 2 atom stereocenters. The predicted molar refractivity (Wildman–Crippen MR) is 84.1 cm³/mol. The molecule has 0 fully saturated rings. The standard InChI is InChI=1S/C18H18F3NO2/c1-11(12-5-3-2-4-6-12)22-14(9-18(23)24)7-13-8-16(20)17(21)10-15(13)19/h2-6,8,10-11,14,22H,7,9H2,1H3,(H,23,24). The average molecular weight is 337 g/mol. The zero-order valence-corrected chi connectivity index (χ0v) is 13.1. The Morgan fingerprint density at radius 2 is 1.71 bits per heavy atom. The van der Waals surface area contributed by atoms with E-state index in [9.17, 15) is 18.0 Å². The van der Waals surface area contributed by atoms with E-state index in [2.05, 4.69) is 5.32 Å². The minimum absolute atomic E-state index is 0.0621. The van der Waals surface area contributed by atoms with Crippen LogP contribution in [0, 0.1) is 17.5 Å². The third kappa shape index (κ3) is 4.83. The summed E-state index contributed by atoms with van der Waals surface area (Å²) >= 11 is 0. The first-order valence-electron chi connectivity index (χ1n) is 7.53. The minimum atomic E-state index is -1.27. The predicted octanol–water partition coefficient (Wildman–Crippen LogP) is 3.84. The highest BCUT2D eigenvalue weighted by atomic mass is 19.2. The van der Waals surface area contributed by atoms with Crippen LogP contribution in [0.4, 0.5) is 13.2 Å². The summed E-state index contributed by atoms with van der Waals surface area (Å²) in [4.78, 5) is 11.1. The van der Waals surface area contributed by atoms with Crippen molar-refractivity contribution < 1.29 is 23.1 Å². The van der Waals surface area contributed by atoms with Crippen molar-refractivity contribution in [2.75, 3.05) is 0 Å². The Bertz CT molecular complexity index is 707. The van der Waals surface area contributed by atoms with Crippen LogP contribution in [0.3, 0.4) is 0 Å². The van der Waals surface area contributed by atoms with E-state index >= 15 is 0 Å². The third-order valence-electron chi connectivity index (χ3n) is 3.76. The summed E-state index contributed by atoms with van der Waals surface area (Å²) in [6.07, 6.45) is -0.331. The van der Waals surface area contributed by atoms with E-state index in [0.29, 0.717) is 6.07 Å². The number of benzene rings is 2. The van der Waals surface area contributed by atoms with Gasteiger partial charge < -0.3 is 10.4 Å². The van der Waals surface area contributed by atoms with Crippen LogP contribution in [0.15, 0.2) is 42.5 Å². The van der Waals surface area contributed by atoms with Crippen molar-refractivity contribution in [2.45, 2.75) is 31.8 Å². The van der Waals surface area contributed by atoms with Gasteiger partial charge in [-0.05, 0) is 30.5 Å². The molecule has 0 aliphatic carbocycles. The van der Waals surface area contributed by atoms with E-state index in [4.69, 9.17) is 5.11 Å². The van der Waals surface area contributed by atoms with Crippen molar-refractivity contribution in [3.8, 4) is 0 Å². The molecular formula is C18H18F3NO2. The van der Waals surface area contributed by atoms with Gasteiger partial charge in [0, 0.05) is 18.2 Å². The molecule has 0 heterocycles. The van der Waals surface area contributed by atoms with Gasteiger partial charge in [-0.1, -0.05) is 30.3 Å². The van der Waals surface area contributed by atoms with E-state index in [0.717, 1.165) is 11.6 Å². The van der Waals surface area contributed by atoms with Gasteiger partial charge in [-0.25, -0.2) is 13.2 Å². The Kier molecular flexibility index (Phi) is 5.98. The molecule has 0 spiro atoms. The molecule has 2 aromatic carbocycles. The first-order chi connectivity index (χ1) is 11.4. The quantitative estimate of drug-likeness (QED) is 0.755. The van der Waals surface area contributed by atoms with Crippen molar-refractivity contribution in [1.82, 2.24) is 5.32 Å². The van der Waals surface area contributed by atoms with Crippen LogP contribution in [0.25, 0.3) is 0 Å². The van der Waals surface area contributed by atoms with Crippen LogP contribution >= 0.6 is 0 Å². The lowest BCUT2D eigenvalue weighted by Crippen LogP contribution is -2.35. The zero-order chi connectivity index (χ0) is 17.7. The highest BCUT2D eigenvalue weighted by Crippen LogP contribution is 2.19. The number of carboxylic acids is 1. The lowest BCUT2D eigenvalue weighted by atomic mass is 10.00. The number of carbonyl (C=O) groups is 1. The summed E-state index contributed by atoms with van der Waals surface area (Å²) in [7, 11) is 0. The molecule has 0 amide bonds. The molecule has 0 bridgehead atoms. The summed E-state index contributed by atoms with van der Waals surface area (Å²) in [6.45, 7) is 1.85. The topological polar surface area (TPSA) is 49.3 Å². The van der Waals surface area contributed by atoms with Crippen molar-refractivity contribution in [3.63, 3.8) is 0 Å². The van der Waals surface area contributed by atoms with Gasteiger partial charge in [0.05, 0.1) is 6.42 Å². The van der Waals surface area contributed by atoms with Crippen molar-refractivity contribution in [2.24, 2.45) is 0 Å². The van der Waals surface area contributed by atoms with Gasteiger partial charge in [0.1, 0.15) is 5.82 Å². The van der Waals surface area contributed by atoms with Crippen LogP contribution in [0.1, 0.15) is 30.5 Å². The van der Waals surface area contributed by atoms with Gasteiger partial charge in [-0.2, -0.15) is 0 Å². The minimum Gasteiger partial charge on any atom is -0.481 e. The lowest BCUT2D eigenvalue weighted by molar-refractivity contribution is -0.137. The monoisotopic (exact) mass is 337 g/mol. The fourth-order valence-electron chi connectivity index (χ4n) is 2.58. The van der Waals surface area contributed by atoms with Crippen LogP contribution in [0.5, 0.6) is 0 Å². The summed E-state index contributed by atoms with van der Waals surface area (Å²) in [5.74, 6) is -4.37. The normalized spacial score (nSPS) is 13.5. The second-order valence-corrected chi connectivity index (χ2v) is 5.66. The molecule has 2 rings (SSSR count). The van der Waals surface area contributed by atoms with Crippen LogP contribution in [-0.2, 0) is 11.2 Å². The highest BCUT2D eigenvalue weighted by molar-refractivity contribution is 5.67. The van der Waals surface area contributed by atoms with Gasteiger partial charge in [0.25, 0.3) is 0 Å². The van der Waals surface area contributed by atoms with Gasteiger partial charge in [0.2, 0.25) is 0 Å². The summed E-state index contributed by atoms with van der Waals surface area (Å²) in [5.41, 5.74) is 0.881. The maximum absolute atomic E-state index is 13.8. The number of aliphatic carboxylic acids is 1. The Balaban J connectivity index is 2.17. The second kappa shape index (κ2) is 7.97. The van der Waals surface area contributed by atoms with E-state index in [1.165, 1.54) is 0 Å². The van der Waals surface area contributed by atoms with E-state index < -0.39 is 29.5 Å². The Labute approximate surface area is 138 Å². The number of rotatable bonds is 7. The smallest absolute Gasteiger partial charge is 0.304 e. The SMILES string of the molecule is CC(NC(CC(=O)O)Cc1cc(F)c(F)cc1F)c1ccccc1. The van der Waals surface area contributed by atoms with Crippen LogP contribution in [0.2, 0.25) is 0 Å². The largest absolute Gasteiger partial charge is 0.481 e. The molecule has 0 aliphatic heterocycles. The van der Waals surface area contributed by atoms with Crippen molar-refractivity contribution >= 4 is 5.97 Å². The molecule has 2 aromatic rings. The highest BCUT2D eigenvalue weighted by Gasteiger charge is 2.20. The van der Waals surface area contributed by atoms with Gasteiger partial charge >= 0.3 is 5.97 Å². The van der Waals surface area contributed by atoms with Gasteiger partial charge in [-0.3, -0.25) is 4.79 Å². The second-order valence-electron chi connectivity index (χ2n) is 5.66. The number of carboxylic acid groups (broad SMARTS) is 1. The maximum Gasteiger partial charge on any atom is 0.304 e. The van der Waals surface area contributed by atoms with E-state index in [1.807, 2.05) is 37.3 Å². The van der Waals surface area contributed by atoms with E-state index in [1.54, 1.807) is 0 Å². The van der Waals surface area contributed by atoms with Crippen molar-refractivity contribution in [3.05, 3.63) is 71.0 Å². The molecule has 24 heavy (non-hydrogen) atoms. The Morgan fingerprint density at radius 1 is 1.08 bits per heavy atom. The molecule has 2 unspecified atom stereocenters. The third-order valence-corrected chi connectivity index (χ3v) is 3.76. The fourth-order valence-corrected chi connectivity index (χ4v) is 2.58.